The predicted molar refractivity (Wildman–Crippen MR) is 137 cm³/mol. The van der Waals surface area contributed by atoms with Crippen LogP contribution in [0.3, 0.4) is 0 Å². The van der Waals surface area contributed by atoms with E-state index in [1.54, 1.807) is 4.68 Å². The third kappa shape index (κ3) is 4.59. The zero-order valence-corrected chi connectivity index (χ0v) is 19.9. The van der Waals surface area contributed by atoms with Crippen molar-refractivity contribution in [2.24, 2.45) is 5.92 Å². The predicted octanol–water partition coefficient (Wildman–Crippen LogP) is 3.66. The maximum absolute atomic E-state index is 5.45. The summed E-state index contributed by atoms with van der Waals surface area (Å²) in [6.45, 7) is 9.78. The first-order valence-corrected chi connectivity index (χ1v) is 12.5. The Morgan fingerprint density at radius 1 is 1.06 bits per heavy atom. The molecule has 0 bridgehead atoms. The SMILES string of the molecule is C=C(c1ccc(-n2cc(-c3n[nH]c4ccc(CC5CCNCC5)cc34)nn2)cc1)N1CCOCC1. The summed E-state index contributed by atoms with van der Waals surface area (Å²) in [7, 11) is 0. The van der Waals surface area contributed by atoms with Crippen molar-refractivity contribution in [1.29, 1.82) is 0 Å². The summed E-state index contributed by atoms with van der Waals surface area (Å²) >= 11 is 0. The van der Waals surface area contributed by atoms with Crippen molar-refractivity contribution >= 4 is 16.6 Å². The first kappa shape index (κ1) is 22.0. The zero-order chi connectivity index (χ0) is 23.6. The fraction of sp³-hybridized carbons (Fsp3) is 0.370. The number of ether oxygens (including phenoxy) is 1. The van der Waals surface area contributed by atoms with Crippen LogP contribution < -0.4 is 5.32 Å². The Morgan fingerprint density at radius 3 is 2.66 bits per heavy atom. The summed E-state index contributed by atoms with van der Waals surface area (Å²) in [5.41, 5.74) is 7.07. The fourth-order valence-corrected chi connectivity index (χ4v) is 5.12. The summed E-state index contributed by atoms with van der Waals surface area (Å²) in [4.78, 5) is 2.27. The Morgan fingerprint density at radius 2 is 1.86 bits per heavy atom. The molecule has 2 aliphatic rings. The van der Waals surface area contributed by atoms with E-state index in [9.17, 15) is 0 Å². The lowest BCUT2D eigenvalue weighted by molar-refractivity contribution is 0.0641. The van der Waals surface area contributed by atoms with Crippen LogP contribution in [0.15, 0.2) is 55.2 Å². The Bertz CT molecular complexity index is 1310. The quantitative estimate of drug-likeness (QED) is 0.449. The van der Waals surface area contributed by atoms with Crippen molar-refractivity contribution in [3.05, 3.63) is 66.4 Å². The fourth-order valence-electron chi connectivity index (χ4n) is 5.12. The maximum Gasteiger partial charge on any atom is 0.134 e. The number of morpholine rings is 1. The molecule has 2 fully saturated rings. The molecule has 0 radical (unpaired) electrons. The van der Waals surface area contributed by atoms with E-state index in [0.717, 1.165) is 91.0 Å². The number of piperidine rings is 1. The molecule has 2 aliphatic heterocycles. The Balaban J connectivity index is 1.21. The Kier molecular flexibility index (Phi) is 6.06. The molecule has 4 aromatic rings. The van der Waals surface area contributed by atoms with Crippen LogP contribution in [0.5, 0.6) is 0 Å². The van der Waals surface area contributed by atoms with Gasteiger partial charge < -0.3 is 15.0 Å². The molecule has 8 heteroatoms. The highest BCUT2D eigenvalue weighted by molar-refractivity contribution is 5.92. The molecule has 0 atom stereocenters. The minimum atomic E-state index is 0.743. The topological polar surface area (TPSA) is 83.9 Å². The first-order chi connectivity index (χ1) is 17.2. The second-order valence-electron chi connectivity index (χ2n) is 9.49. The average Bonchev–Trinajstić information content (AvgIpc) is 3.57. The van der Waals surface area contributed by atoms with E-state index in [-0.39, 0.29) is 0 Å². The van der Waals surface area contributed by atoms with Crippen molar-refractivity contribution in [3.63, 3.8) is 0 Å². The van der Waals surface area contributed by atoms with Gasteiger partial charge in [-0.05, 0) is 73.7 Å². The van der Waals surface area contributed by atoms with Gasteiger partial charge in [-0.1, -0.05) is 30.0 Å². The van der Waals surface area contributed by atoms with Crippen molar-refractivity contribution in [3.8, 4) is 17.1 Å². The van der Waals surface area contributed by atoms with Crippen LogP contribution >= 0.6 is 0 Å². The number of hydrogen-bond donors (Lipinski definition) is 2. The minimum absolute atomic E-state index is 0.743. The standard InChI is InChI=1S/C27H31N7O/c1-19(33-12-14-35-15-13-33)22-3-5-23(6-4-22)34-18-26(30-32-34)27-24-17-21(2-7-25(24)29-31-27)16-20-8-10-28-11-9-20/h2-7,17-18,20,28H,1,8-16H2,(H,29,31). The first-order valence-electron chi connectivity index (χ1n) is 12.5. The largest absolute Gasteiger partial charge is 0.378 e. The van der Waals surface area contributed by atoms with Gasteiger partial charge in [0.05, 0.1) is 30.6 Å². The van der Waals surface area contributed by atoms with Gasteiger partial charge in [0, 0.05) is 24.2 Å². The number of benzene rings is 2. The van der Waals surface area contributed by atoms with E-state index in [1.807, 2.05) is 6.20 Å². The lowest BCUT2D eigenvalue weighted by Crippen LogP contribution is -2.34. The van der Waals surface area contributed by atoms with Gasteiger partial charge in [-0.2, -0.15) is 5.10 Å². The van der Waals surface area contributed by atoms with Gasteiger partial charge >= 0.3 is 0 Å². The van der Waals surface area contributed by atoms with E-state index in [2.05, 4.69) is 79.8 Å². The molecule has 2 saturated heterocycles. The van der Waals surface area contributed by atoms with Crippen LogP contribution in [-0.4, -0.2) is 69.5 Å². The normalized spacial score (nSPS) is 17.2. The summed E-state index contributed by atoms with van der Waals surface area (Å²) in [5, 5.41) is 21.1. The number of H-pyrrole nitrogens is 1. The smallest absolute Gasteiger partial charge is 0.134 e. The van der Waals surface area contributed by atoms with E-state index < -0.39 is 0 Å². The lowest BCUT2D eigenvalue weighted by Gasteiger charge is -2.30. The van der Waals surface area contributed by atoms with Gasteiger partial charge in [-0.3, -0.25) is 5.10 Å². The van der Waals surface area contributed by atoms with Crippen LogP contribution in [0.2, 0.25) is 0 Å². The second-order valence-corrected chi connectivity index (χ2v) is 9.49. The summed E-state index contributed by atoms with van der Waals surface area (Å²) in [6, 6.07) is 14.9. The lowest BCUT2D eigenvalue weighted by atomic mass is 9.90. The zero-order valence-electron chi connectivity index (χ0n) is 19.9. The molecule has 8 nitrogen and oxygen atoms in total. The van der Waals surface area contributed by atoms with Gasteiger partial charge in [0.25, 0.3) is 0 Å². The number of aromatic amines is 1. The Hall–Kier alpha value is -3.49. The number of fused-ring (bicyclic) bond motifs is 1. The Labute approximate surface area is 205 Å². The number of nitrogens with zero attached hydrogens (tertiary/aromatic N) is 5. The number of aromatic nitrogens is 5. The summed E-state index contributed by atoms with van der Waals surface area (Å²) in [5.74, 6) is 0.743. The molecule has 180 valence electrons. The molecule has 0 amide bonds. The molecule has 2 aromatic carbocycles. The van der Waals surface area contributed by atoms with Crippen LogP contribution in [0, 0.1) is 5.92 Å². The monoisotopic (exact) mass is 469 g/mol. The molecule has 0 saturated carbocycles. The number of nitrogens with one attached hydrogen (secondary N) is 2. The molecular formula is C27H31N7O. The van der Waals surface area contributed by atoms with Gasteiger partial charge in [-0.15, -0.1) is 5.10 Å². The second kappa shape index (κ2) is 9.64. The summed E-state index contributed by atoms with van der Waals surface area (Å²) in [6.07, 6.45) is 5.53. The van der Waals surface area contributed by atoms with E-state index in [4.69, 9.17) is 4.74 Å². The van der Waals surface area contributed by atoms with Gasteiger partial charge in [0.2, 0.25) is 0 Å². The molecule has 4 heterocycles. The van der Waals surface area contributed by atoms with Crippen molar-refractivity contribution in [1.82, 2.24) is 35.4 Å². The molecule has 2 N–H and O–H groups in total. The average molecular weight is 470 g/mol. The third-order valence-corrected chi connectivity index (χ3v) is 7.20. The van der Waals surface area contributed by atoms with E-state index in [1.165, 1.54) is 18.4 Å². The van der Waals surface area contributed by atoms with Crippen molar-refractivity contribution in [2.75, 3.05) is 39.4 Å². The highest BCUT2D eigenvalue weighted by Gasteiger charge is 2.17. The van der Waals surface area contributed by atoms with Crippen LogP contribution in [0.4, 0.5) is 0 Å². The van der Waals surface area contributed by atoms with Crippen LogP contribution in [0.1, 0.15) is 24.0 Å². The molecule has 0 aliphatic carbocycles. The third-order valence-electron chi connectivity index (χ3n) is 7.20. The molecule has 2 aromatic heterocycles. The number of hydrogen-bond acceptors (Lipinski definition) is 6. The van der Waals surface area contributed by atoms with Crippen LogP contribution in [-0.2, 0) is 11.2 Å². The molecule has 0 spiro atoms. The molecular weight excluding hydrogens is 438 g/mol. The molecule has 35 heavy (non-hydrogen) atoms. The number of rotatable bonds is 6. The van der Waals surface area contributed by atoms with Gasteiger partial charge in [-0.25, -0.2) is 4.68 Å². The maximum atomic E-state index is 5.45. The van der Waals surface area contributed by atoms with Crippen molar-refractivity contribution in [2.45, 2.75) is 19.3 Å². The summed E-state index contributed by atoms with van der Waals surface area (Å²) < 4.78 is 7.25. The highest BCUT2D eigenvalue weighted by atomic mass is 16.5. The van der Waals surface area contributed by atoms with E-state index in [0.29, 0.717) is 0 Å². The van der Waals surface area contributed by atoms with Crippen LogP contribution in [0.25, 0.3) is 33.7 Å². The molecule has 6 rings (SSSR count). The van der Waals surface area contributed by atoms with E-state index >= 15 is 0 Å². The van der Waals surface area contributed by atoms with Gasteiger partial charge in [0.15, 0.2) is 0 Å². The highest BCUT2D eigenvalue weighted by Crippen LogP contribution is 2.28. The van der Waals surface area contributed by atoms with Crippen molar-refractivity contribution < 1.29 is 4.74 Å². The van der Waals surface area contributed by atoms with Gasteiger partial charge in [0.1, 0.15) is 11.4 Å². The molecule has 0 unspecified atom stereocenters. The minimum Gasteiger partial charge on any atom is -0.378 e.